The van der Waals surface area contributed by atoms with Gasteiger partial charge in [0.15, 0.2) is 0 Å². The van der Waals surface area contributed by atoms with Crippen molar-refractivity contribution in [1.82, 2.24) is 5.32 Å². The van der Waals surface area contributed by atoms with Crippen LogP contribution in [0.5, 0.6) is 0 Å². The Balaban J connectivity index is 1.73. The maximum absolute atomic E-state index is 6.21. The van der Waals surface area contributed by atoms with Crippen LogP contribution in [0.2, 0.25) is 0 Å². The molecule has 3 nitrogen and oxygen atoms in total. The summed E-state index contributed by atoms with van der Waals surface area (Å²) in [5.74, 6) is 0.713. The molecular weight excluding hydrogens is 250 g/mol. The van der Waals surface area contributed by atoms with Crippen LogP contribution < -0.4 is 5.32 Å². The SMILES string of the molecule is CCNC(C1CCOC2(CCCC2)C1)C1(C)CCCO1. The lowest BCUT2D eigenvalue weighted by molar-refractivity contribution is -0.117. The van der Waals surface area contributed by atoms with Crippen LogP contribution in [0.3, 0.4) is 0 Å². The summed E-state index contributed by atoms with van der Waals surface area (Å²) in [6.45, 7) is 7.46. The summed E-state index contributed by atoms with van der Waals surface area (Å²) < 4.78 is 12.4. The topological polar surface area (TPSA) is 30.5 Å². The predicted octanol–water partition coefficient (Wildman–Crippen LogP) is 3.27. The highest BCUT2D eigenvalue weighted by Crippen LogP contribution is 2.45. The predicted molar refractivity (Wildman–Crippen MR) is 80.9 cm³/mol. The molecule has 1 N–H and O–H groups in total. The number of likely N-dealkylation sites (N-methyl/N-ethyl adjacent to an activating group) is 1. The molecular formula is C17H31NO2. The van der Waals surface area contributed by atoms with E-state index >= 15 is 0 Å². The average molecular weight is 281 g/mol. The lowest BCUT2D eigenvalue weighted by atomic mass is 9.74. The van der Waals surface area contributed by atoms with Crippen molar-refractivity contribution in [2.75, 3.05) is 19.8 Å². The molecule has 3 rings (SSSR count). The molecule has 0 aromatic carbocycles. The van der Waals surface area contributed by atoms with Gasteiger partial charge in [-0.3, -0.25) is 0 Å². The number of rotatable bonds is 4. The highest BCUT2D eigenvalue weighted by atomic mass is 16.5. The number of hydrogen-bond donors (Lipinski definition) is 1. The molecule has 3 aliphatic rings. The lowest BCUT2D eigenvalue weighted by Crippen LogP contribution is -2.56. The van der Waals surface area contributed by atoms with Crippen LogP contribution in [-0.2, 0) is 9.47 Å². The molecule has 0 bridgehead atoms. The van der Waals surface area contributed by atoms with Gasteiger partial charge in [-0.25, -0.2) is 0 Å². The van der Waals surface area contributed by atoms with Gasteiger partial charge in [-0.05, 0) is 57.9 Å². The molecule has 0 aromatic rings. The van der Waals surface area contributed by atoms with Gasteiger partial charge in [0, 0.05) is 19.3 Å². The smallest absolute Gasteiger partial charge is 0.0810 e. The molecule has 2 heterocycles. The maximum atomic E-state index is 6.21. The van der Waals surface area contributed by atoms with E-state index in [0.717, 1.165) is 19.8 Å². The first kappa shape index (κ1) is 14.8. The van der Waals surface area contributed by atoms with Crippen LogP contribution >= 0.6 is 0 Å². The summed E-state index contributed by atoms with van der Waals surface area (Å²) in [6.07, 6.45) is 10.1. The third kappa shape index (κ3) is 2.77. The summed E-state index contributed by atoms with van der Waals surface area (Å²) in [5, 5.41) is 3.76. The van der Waals surface area contributed by atoms with E-state index in [1.54, 1.807) is 0 Å². The first-order chi connectivity index (χ1) is 9.68. The van der Waals surface area contributed by atoms with Gasteiger partial charge < -0.3 is 14.8 Å². The first-order valence-electron chi connectivity index (χ1n) is 8.69. The second-order valence-corrected chi connectivity index (χ2v) is 7.29. The van der Waals surface area contributed by atoms with Crippen LogP contribution in [0.25, 0.3) is 0 Å². The Bertz CT molecular complexity index is 319. The molecule has 0 aromatic heterocycles. The summed E-state index contributed by atoms with van der Waals surface area (Å²) in [5.41, 5.74) is 0.253. The molecule has 1 aliphatic carbocycles. The van der Waals surface area contributed by atoms with Gasteiger partial charge in [0.05, 0.1) is 11.2 Å². The summed E-state index contributed by atoms with van der Waals surface area (Å²) in [7, 11) is 0. The van der Waals surface area contributed by atoms with Crippen molar-refractivity contribution < 1.29 is 9.47 Å². The zero-order valence-corrected chi connectivity index (χ0v) is 13.2. The Morgan fingerprint density at radius 2 is 1.90 bits per heavy atom. The number of nitrogens with one attached hydrogen (secondary N) is 1. The Kier molecular flexibility index (Phi) is 4.40. The quantitative estimate of drug-likeness (QED) is 0.858. The normalized spacial score (nSPS) is 38.4. The number of hydrogen-bond acceptors (Lipinski definition) is 3. The Morgan fingerprint density at radius 1 is 1.10 bits per heavy atom. The Labute approximate surface area is 123 Å². The second-order valence-electron chi connectivity index (χ2n) is 7.29. The lowest BCUT2D eigenvalue weighted by Gasteiger charge is -2.46. The first-order valence-corrected chi connectivity index (χ1v) is 8.69. The van der Waals surface area contributed by atoms with E-state index in [0.29, 0.717) is 12.0 Å². The van der Waals surface area contributed by atoms with Gasteiger partial charge in [0.2, 0.25) is 0 Å². The highest BCUT2D eigenvalue weighted by molar-refractivity contribution is 5.01. The number of ether oxygens (including phenoxy) is 2. The molecule has 116 valence electrons. The van der Waals surface area contributed by atoms with E-state index in [4.69, 9.17) is 9.47 Å². The van der Waals surface area contributed by atoms with Crippen LogP contribution in [0, 0.1) is 5.92 Å². The van der Waals surface area contributed by atoms with Crippen molar-refractivity contribution in [2.24, 2.45) is 5.92 Å². The molecule has 0 amide bonds. The van der Waals surface area contributed by atoms with Crippen molar-refractivity contribution >= 4 is 0 Å². The molecule has 3 heteroatoms. The van der Waals surface area contributed by atoms with E-state index in [9.17, 15) is 0 Å². The average Bonchev–Trinajstić information content (AvgIpc) is 3.07. The summed E-state index contributed by atoms with van der Waals surface area (Å²) >= 11 is 0. The Hall–Kier alpha value is -0.120. The fourth-order valence-corrected chi connectivity index (χ4v) is 4.86. The fourth-order valence-electron chi connectivity index (χ4n) is 4.86. The molecule has 2 aliphatic heterocycles. The van der Waals surface area contributed by atoms with Gasteiger partial charge in [0.1, 0.15) is 0 Å². The third-order valence-corrected chi connectivity index (χ3v) is 5.85. The molecule has 3 atom stereocenters. The van der Waals surface area contributed by atoms with E-state index in [1.807, 2.05) is 0 Å². The Morgan fingerprint density at radius 3 is 2.55 bits per heavy atom. The van der Waals surface area contributed by atoms with E-state index in [2.05, 4.69) is 19.2 Å². The van der Waals surface area contributed by atoms with Crippen molar-refractivity contribution in [3.8, 4) is 0 Å². The maximum Gasteiger partial charge on any atom is 0.0810 e. The standard InChI is InChI=1S/C17H31NO2/c1-3-18-15(16(2)8-6-11-19-16)14-7-12-20-17(13-14)9-4-5-10-17/h14-15,18H,3-13H2,1-2H3. The van der Waals surface area contributed by atoms with E-state index in [-0.39, 0.29) is 11.2 Å². The molecule has 2 saturated heterocycles. The molecule has 3 fully saturated rings. The second kappa shape index (κ2) is 5.94. The summed E-state index contributed by atoms with van der Waals surface area (Å²) in [4.78, 5) is 0. The minimum absolute atomic E-state index is 0.0395. The van der Waals surface area contributed by atoms with Gasteiger partial charge >= 0.3 is 0 Å². The van der Waals surface area contributed by atoms with Crippen molar-refractivity contribution in [3.05, 3.63) is 0 Å². The molecule has 1 saturated carbocycles. The fraction of sp³-hybridized carbons (Fsp3) is 1.00. The van der Waals surface area contributed by atoms with E-state index < -0.39 is 0 Å². The third-order valence-electron chi connectivity index (χ3n) is 5.85. The van der Waals surface area contributed by atoms with Crippen LogP contribution in [0.4, 0.5) is 0 Å². The van der Waals surface area contributed by atoms with Crippen LogP contribution in [0.15, 0.2) is 0 Å². The molecule has 0 radical (unpaired) electrons. The monoisotopic (exact) mass is 281 g/mol. The largest absolute Gasteiger partial charge is 0.375 e. The van der Waals surface area contributed by atoms with E-state index in [1.165, 1.54) is 51.4 Å². The van der Waals surface area contributed by atoms with Crippen LogP contribution in [0.1, 0.15) is 65.2 Å². The summed E-state index contributed by atoms with van der Waals surface area (Å²) in [6, 6.07) is 0.497. The molecule has 1 spiro atoms. The minimum Gasteiger partial charge on any atom is -0.375 e. The minimum atomic E-state index is 0.0395. The van der Waals surface area contributed by atoms with Gasteiger partial charge in [-0.2, -0.15) is 0 Å². The highest BCUT2D eigenvalue weighted by Gasteiger charge is 2.47. The van der Waals surface area contributed by atoms with Gasteiger partial charge in [-0.1, -0.05) is 19.8 Å². The van der Waals surface area contributed by atoms with Gasteiger partial charge in [-0.15, -0.1) is 0 Å². The molecule has 20 heavy (non-hydrogen) atoms. The van der Waals surface area contributed by atoms with Crippen molar-refractivity contribution in [2.45, 2.75) is 82.5 Å². The zero-order valence-electron chi connectivity index (χ0n) is 13.2. The zero-order chi connectivity index (χ0) is 14.1. The van der Waals surface area contributed by atoms with Crippen molar-refractivity contribution in [3.63, 3.8) is 0 Å². The van der Waals surface area contributed by atoms with Crippen molar-refractivity contribution in [1.29, 1.82) is 0 Å². The van der Waals surface area contributed by atoms with Crippen LogP contribution in [-0.4, -0.2) is 37.0 Å². The van der Waals surface area contributed by atoms with Gasteiger partial charge in [0.25, 0.3) is 0 Å². The molecule has 3 unspecified atom stereocenters.